The maximum Gasteiger partial charge on any atom is 0.335 e. The second-order valence-corrected chi connectivity index (χ2v) is 4.86. The Labute approximate surface area is 102 Å². The van der Waals surface area contributed by atoms with Crippen molar-refractivity contribution in [2.75, 3.05) is 11.9 Å². The van der Waals surface area contributed by atoms with Crippen LogP contribution in [-0.4, -0.2) is 24.2 Å². The van der Waals surface area contributed by atoms with E-state index in [1.807, 2.05) is 13.0 Å². The molecule has 3 heteroatoms. The van der Waals surface area contributed by atoms with Crippen molar-refractivity contribution in [2.45, 2.75) is 38.6 Å². The highest BCUT2D eigenvalue weighted by molar-refractivity contribution is 5.88. The van der Waals surface area contributed by atoms with Gasteiger partial charge in [0.25, 0.3) is 0 Å². The Hall–Kier alpha value is -1.51. The van der Waals surface area contributed by atoms with Crippen molar-refractivity contribution in [1.82, 2.24) is 0 Å². The molecule has 0 bridgehead atoms. The van der Waals surface area contributed by atoms with Crippen LogP contribution in [0, 0.1) is 6.92 Å². The third-order valence-electron chi connectivity index (χ3n) is 3.70. The molecule has 92 valence electrons. The van der Waals surface area contributed by atoms with E-state index in [0.29, 0.717) is 11.6 Å². The summed E-state index contributed by atoms with van der Waals surface area (Å²) in [6.45, 7) is 1.98. The van der Waals surface area contributed by atoms with E-state index in [-0.39, 0.29) is 0 Å². The van der Waals surface area contributed by atoms with Crippen LogP contribution in [0.2, 0.25) is 0 Å². The molecule has 1 aliphatic carbocycles. The number of carboxylic acids is 1. The van der Waals surface area contributed by atoms with Gasteiger partial charge < -0.3 is 10.0 Å². The van der Waals surface area contributed by atoms with E-state index in [0.717, 1.165) is 11.3 Å². The lowest BCUT2D eigenvalue weighted by molar-refractivity contribution is 0.0697. The third-order valence-corrected chi connectivity index (χ3v) is 3.70. The van der Waals surface area contributed by atoms with Crippen LogP contribution in [0.4, 0.5) is 5.69 Å². The first-order chi connectivity index (χ1) is 8.09. The molecule has 0 unspecified atom stereocenters. The molecule has 0 atom stereocenters. The molecule has 1 saturated carbocycles. The van der Waals surface area contributed by atoms with Gasteiger partial charge >= 0.3 is 5.97 Å². The van der Waals surface area contributed by atoms with Crippen molar-refractivity contribution < 1.29 is 9.90 Å². The molecule has 3 nitrogen and oxygen atoms in total. The Kier molecular flexibility index (Phi) is 3.36. The first-order valence-electron chi connectivity index (χ1n) is 6.16. The van der Waals surface area contributed by atoms with Gasteiger partial charge in [0.2, 0.25) is 0 Å². The molecule has 0 saturated heterocycles. The summed E-state index contributed by atoms with van der Waals surface area (Å²) in [5.74, 6) is -0.858. The van der Waals surface area contributed by atoms with Gasteiger partial charge in [0, 0.05) is 18.8 Å². The molecular weight excluding hydrogens is 214 g/mol. The summed E-state index contributed by atoms with van der Waals surface area (Å²) in [7, 11) is 2.11. The highest BCUT2D eigenvalue weighted by Crippen LogP contribution is 2.29. The topological polar surface area (TPSA) is 40.5 Å². The molecule has 1 aromatic rings. The third kappa shape index (κ3) is 2.43. The minimum atomic E-state index is -0.858. The maximum atomic E-state index is 10.9. The van der Waals surface area contributed by atoms with Crippen molar-refractivity contribution in [3.8, 4) is 0 Å². The number of carboxylic acid groups (broad SMARTS) is 1. The molecule has 0 radical (unpaired) electrons. The Morgan fingerprint density at radius 3 is 2.53 bits per heavy atom. The van der Waals surface area contributed by atoms with Gasteiger partial charge in [0.15, 0.2) is 0 Å². The standard InChI is InChI=1S/C14H19NO2/c1-10-9-11(14(16)17)7-8-13(10)15(2)12-5-3-4-6-12/h7-9,12H,3-6H2,1-2H3,(H,16,17). The summed E-state index contributed by atoms with van der Waals surface area (Å²) in [4.78, 5) is 13.2. The van der Waals surface area contributed by atoms with Gasteiger partial charge in [-0.15, -0.1) is 0 Å². The molecule has 1 fully saturated rings. The Morgan fingerprint density at radius 1 is 1.35 bits per heavy atom. The van der Waals surface area contributed by atoms with Crippen molar-refractivity contribution in [3.63, 3.8) is 0 Å². The lowest BCUT2D eigenvalue weighted by Crippen LogP contribution is -2.29. The lowest BCUT2D eigenvalue weighted by atomic mass is 10.1. The molecule has 1 aliphatic rings. The van der Waals surface area contributed by atoms with Gasteiger partial charge in [0.05, 0.1) is 5.56 Å². The van der Waals surface area contributed by atoms with Crippen LogP contribution in [0.5, 0.6) is 0 Å². The quantitative estimate of drug-likeness (QED) is 0.872. The number of benzene rings is 1. The molecule has 0 heterocycles. The van der Waals surface area contributed by atoms with E-state index >= 15 is 0 Å². The fraction of sp³-hybridized carbons (Fsp3) is 0.500. The zero-order chi connectivity index (χ0) is 12.4. The molecule has 0 spiro atoms. The first-order valence-corrected chi connectivity index (χ1v) is 6.16. The van der Waals surface area contributed by atoms with Gasteiger partial charge in [-0.2, -0.15) is 0 Å². The largest absolute Gasteiger partial charge is 0.478 e. The number of rotatable bonds is 3. The summed E-state index contributed by atoms with van der Waals surface area (Å²) in [6.07, 6.45) is 5.11. The fourth-order valence-electron chi connectivity index (χ4n) is 2.67. The number of aromatic carboxylic acids is 1. The molecule has 1 aromatic carbocycles. The van der Waals surface area contributed by atoms with Gasteiger partial charge in [0.1, 0.15) is 0 Å². The van der Waals surface area contributed by atoms with Crippen LogP contribution in [-0.2, 0) is 0 Å². The number of nitrogens with zero attached hydrogens (tertiary/aromatic N) is 1. The summed E-state index contributed by atoms with van der Waals surface area (Å²) >= 11 is 0. The molecule has 2 rings (SSSR count). The molecular formula is C14H19NO2. The zero-order valence-corrected chi connectivity index (χ0v) is 10.4. The number of carbonyl (C=O) groups is 1. The van der Waals surface area contributed by atoms with Crippen molar-refractivity contribution in [2.24, 2.45) is 0 Å². The number of anilines is 1. The van der Waals surface area contributed by atoms with E-state index in [1.165, 1.54) is 25.7 Å². The van der Waals surface area contributed by atoms with Gasteiger partial charge in [-0.3, -0.25) is 0 Å². The van der Waals surface area contributed by atoms with E-state index in [1.54, 1.807) is 12.1 Å². The second-order valence-electron chi connectivity index (χ2n) is 4.86. The van der Waals surface area contributed by atoms with Crippen LogP contribution in [0.15, 0.2) is 18.2 Å². The Bertz CT molecular complexity index is 422. The van der Waals surface area contributed by atoms with Crippen molar-refractivity contribution in [3.05, 3.63) is 29.3 Å². The number of aryl methyl sites for hydroxylation is 1. The number of hydrogen-bond donors (Lipinski definition) is 1. The second kappa shape index (κ2) is 4.78. The summed E-state index contributed by atoms with van der Waals surface area (Å²) in [5, 5.41) is 8.94. The highest BCUT2D eigenvalue weighted by atomic mass is 16.4. The average Bonchev–Trinajstić information content (AvgIpc) is 2.81. The van der Waals surface area contributed by atoms with Crippen molar-refractivity contribution >= 4 is 11.7 Å². The monoisotopic (exact) mass is 233 g/mol. The number of hydrogen-bond acceptors (Lipinski definition) is 2. The van der Waals surface area contributed by atoms with Crippen LogP contribution in [0.3, 0.4) is 0 Å². The molecule has 0 amide bonds. The Morgan fingerprint density at radius 2 is 2.00 bits per heavy atom. The highest BCUT2D eigenvalue weighted by Gasteiger charge is 2.21. The van der Waals surface area contributed by atoms with Gasteiger partial charge in [-0.05, 0) is 43.5 Å². The Balaban J connectivity index is 2.23. The fourth-order valence-corrected chi connectivity index (χ4v) is 2.67. The molecule has 0 aromatic heterocycles. The maximum absolute atomic E-state index is 10.9. The summed E-state index contributed by atoms with van der Waals surface area (Å²) < 4.78 is 0. The van der Waals surface area contributed by atoms with E-state index in [4.69, 9.17) is 5.11 Å². The lowest BCUT2D eigenvalue weighted by Gasteiger charge is -2.28. The van der Waals surface area contributed by atoms with Crippen LogP contribution >= 0.6 is 0 Å². The summed E-state index contributed by atoms with van der Waals surface area (Å²) in [6, 6.07) is 5.99. The van der Waals surface area contributed by atoms with Gasteiger partial charge in [-0.1, -0.05) is 12.8 Å². The summed E-state index contributed by atoms with van der Waals surface area (Å²) in [5.41, 5.74) is 2.56. The van der Waals surface area contributed by atoms with E-state index in [2.05, 4.69) is 11.9 Å². The predicted octanol–water partition coefficient (Wildman–Crippen LogP) is 3.07. The van der Waals surface area contributed by atoms with Gasteiger partial charge in [-0.25, -0.2) is 4.79 Å². The smallest absolute Gasteiger partial charge is 0.335 e. The SMILES string of the molecule is Cc1cc(C(=O)O)ccc1N(C)C1CCCC1. The predicted molar refractivity (Wildman–Crippen MR) is 68.8 cm³/mol. The first kappa shape index (κ1) is 12.0. The molecule has 17 heavy (non-hydrogen) atoms. The normalized spacial score (nSPS) is 16.1. The van der Waals surface area contributed by atoms with Crippen LogP contribution < -0.4 is 4.90 Å². The minimum Gasteiger partial charge on any atom is -0.478 e. The molecule has 1 N–H and O–H groups in total. The van der Waals surface area contributed by atoms with Crippen molar-refractivity contribution in [1.29, 1.82) is 0 Å². The minimum absolute atomic E-state index is 0.367. The van der Waals surface area contributed by atoms with E-state index in [9.17, 15) is 4.79 Å². The molecule has 0 aliphatic heterocycles. The van der Waals surface area contributed by atoms with Crippen LogP contribution in [0.1, 0.15) is 41.6 Å². The average molecular weight is 233 g/mol. The zero-order valence-electron chi connectivity index (χ0n) is 10.4. The van der Waals surface area contributed by atoms with E-state index < -0.39 is 5.97 Å². The van der Waals surface area contributed by atoms with Crippen LogP contribution in [0.25, 0.3) is 0 Å².